The molecule has 0 aromatic heterocycles. The summed E-state index contributed by atoms with van der Waals surface area (Å²) >= 11 is 5.99. The molecule has 0 radical (unpaired) electrons. The molecule has 0 aliphatic carbocycles. The molecule has 6 nitrogen and oxygen atoms in total. The fourth-order valence-electron chi connectivity index (χ4n) is 3.78. The van der Waals surface area contributed by atoms with Crippen LogP contribution in [0.1, 0.15) is 11.1 Å². The number of fused-ring (bicyclic) bond motifs is 2. The van der Waals surface area contributed by atoms with Crippen molar-refractivity contribution in [3.05, 3.63) is 88.9 Å². The van der Waals surface area contributed by atoms with Crippen LogP contribution >= 0.6 is 11.6 Å². The molecule has 1 amide bonds. The van der Waals surface area contributed by atoms with Crippen LogP contribution in [-0.2, 0) is 21.0 Å². The van der Waals surface area contributed by atoms with E-state index >= 15 is 0 Å². The molecule has 36 heavy (non-hydrogen) atoms. The van der Waals surface area contributed by atoms with Crippen molar-refractivity contribution in [3.63, 3.8) is 0 Å². The van der Waals surface area contributed by atoms with Crippen LogP contribution in [0.25, 0.3) is 21.5 Å². The van der Waals surface area contributed by atoms with Crippen molar-refractivity contribution < 1.29 is 26.4 Å². The number of anilines is 1. The van der Waals surface area contributed by atoms with E-state index in [2.05, 4.69) is 10.5 Å². The molecule has 0 aliphatic heterocycles. The average Bonchev–Trinajstić information content (AvgIpc) is 2.81. The summed E-state index contributed by atoms with van der Waals surface area (Å²) in [5.41, 5.74) is 1.43. The Morgan fingerprint density at radius 1 is 1.00 bits per heavy atom. The van der Waals surface area contributed by atoms with Gasteiger partial charge in [-0.15, -0.1) is 0 Å². The maximum atomic E-state index is 13.2. The van der Waals surface area contributed by atoms with Crippen LogP contribution in [0, 0.1) is 0 Å². The zero-order chi connectivity index (χ0) is 26.1. The van der Waals surface area contributed by atoms with Crippen LogP contribution in [0.3, 0.4) is 0 Å². The van der Waals surface area contributed by atoms with Gasteiger partial charge in [0.15, 0.2) is 0 Å². The summed E-state index contributed by atoms with van der Waals surface area (Å²) in [7, 11) is -4.16. The molecule has 4 aromatic carbocycles. The second-order valence-corrected chi connectivity index (χ2v) is 10.3. The number of amides is 1. The van der Waals surface area contributed by atoms with E-state index in [9.17, 15) is 26.4 Å². The maximum Gasteiger partial charge on any atom is 0.416 e. The summed E-state index contributed by atoms with van der Waals surface area (Å²) < 4.78 is 64.7. The van der Waals surface area contributed by atoms with Crippen LogP contribution < -0.4 is 9.73 Å². The van der Waals surface area contributed by atoms with E-state index in [1.807, 2.05) is 54.6 Å². The van der Waals surface area contributed by atoms with E-state index in [-0.39, 0.29) is 5.02 Å². The third-order valence-electron chi connectivity index (χ3n) is 5.43. The molecule has 4 aromatic rings. The quantitative estimate of drug-likeness (QED) is 0.200. The van der Waals surface area contributed by atoms with Gasteiger partial charge >= 0.3 is 6.18 Å². The Morgan fingerprint density at radius 2 is 1.58 bits per heavy atom. The Hall–Kier alpha value is -3.63. The molecule has 0 unspecified atom stereocenters. The summed E-state index contributed by atoms with van der Waals surface area (Å²) in [5.74, 6) is -0.866. The normalized spacial score (nSPS) is 12.4. The molecule has 0 bridgehead atoms. The third kappa shape index (κ3) is 5.44. The summed E-state index contributed by atoms with van der Waals surface area (Å²) in [6, 6.07) is 19.5. The topological polar surface area (TPSA) is 78.8 Å². The molecule has 4 rings (SSSR count). The first-order valence-corrected chi connectivity index (χ1v) is 12.7. The molecule has 1 N–H and O–H groups in total. The first-order chi connectivity index (χ1) is 16.9. The van der Waals surface area contributed by atoms with E-state index in [0.29, 0.717) is 10.4 Å². The summed E-state index contributed by atoms with van der Waals surface area (Å²) in [6.45, 7) is -0.826. The lowest BCUT2D eigenvalue weighted by molar-refractivity contribution is -0.137. The van der Waals surface area contributed by atoms with Gasteiger partial charge in [0.1, 0.15) is 6.54 Å². The summed E-state index contributed by atoms with van der Waals surface area (Å²) in [5, 5.41) is 7.44. The molecule has 0 heterocycles. The number of rotatable bonds is 6. The SMILES string of the molecule is CS(=O)(=O)N(CC(=O)N/N=C/c1c2ccccc2cc2ccccc12)c1cc(C(F)(F)F)ccc1Cl. The highest BCUT2D eigenvalue weighted by Gasteiger charge is 2.33. The van der Waals surface area contributed by atoms with Gasteiger partial charge in [-0.05, 0) is 45.8 Å². The van der Waals surface area contributed by atoms with Gasteiger partial charge in [0, 0.05) is 5.56 Å². The Bertz CT molecular complexity index is 1550. The van der Waals surface area contributed by atoms with Gasteiger partial charge in [-0.25, -0.2) is 13.8 Å². The number of nitrogens with zero attached hydrogens (tertiary/aromatic N) is 2. The van der Waals surface area contributed by atoms with Gasteiger partial charge in [-0.3, -0.25) is 9.10 Å². The molecule has 0 aliphatic rings. The predicted molar refractivity (Wildman–Crippen MR) is 136 cm³/mol. The Balaban J connectivity index is 1.62. The molecular weight excluding hydrogens is 515 g/mol. The molecule has 0 saturated heterocycles. The van der Waals surface area contributed by atoms with Crippen LogP contribution in [0.5, 0.6) is 0 Å². The fourth-order valence-corrected chi connectivity index (χ4v) is 4.91. The number of carbonyl (C=O) groups is 1. The highest BCUT2D eigenvalue weighted by Crippen LogP contribution is 2.36. The number of benzene rings is 4. The lowest BCUT2D eigenvalue weighted by Crippen LogP contribution is -2.39. The average molecular weight is 534 g/mol. The number of halogens is 4. The Labute approximate surface area is 210 Å². The second-order valence-electron chi connectivity index (χ2n) is 7.96. The van der Waals surface area contributed by atoms with Crippen molar-refractivity contribution in [2.75, 3.05) is 17.1 Å². The van der Waals surface area contributed by atoms with Crippen LogP contribution in [-0.4, -0.2) is 33.3 Å². The van der Waals surface area contributed by atoms with E-state index in [1.165, 1.54) is 6.21 Å². The number of hydrogen-bond acceptors (Lipinski definition) is 4. The molecule has 11 heteroatoms. The van der Waals surface area contributed by atoms with Gasteiger partial charge in [-0.2, -0.15) is 18.3 Å². The van der Waals surface area contributed by atoms with Gasteiger partial charge in [0.05, 0.1) is 28.7 Å². The first kappa shape index (κ1) is 25.5. The largest absolute Gasteiger partial charge is 0.416 e. The summed E-state index contributed by atoms with van der Waals surface area (Å²) in [4.78, 5) is 12.6. The lowest BCUT2D eigenvalue weighted by Gasteiger charge is -2.23. The van der Waals surface area contributed by atoms with Gasteiger partial charge in [0.25, 0.3) is 5.91 Å². The molecular formula is C25H19ClF3N3O3S. The fraction of sp³-hybridized carbons (Fsp3) is 0.120. The van der Waals surface area contributed by atoms with E-state index in [0.717, 1.165) is 45.5 Å². The second kappa shape index (κ2) is 9.79. The van der Waals surface area contributed by atoms with Crippen molar-refractivity contribution in [1.29, 1.82) is 0 Å². The standard InChI is InChI=1S/C25H19ClF3N3O3S/c1-36(34,35)32(23-13-18(25(27,28)29)10-11-22(23)26)15-24(33)31-30-14-21-19-8-4-2-6-16(19)12-17-7-3-5-9-20(17)21/h2-14H,15H2,1H3,(H,31,33)/b30-14+. The Kier molecular flexibility index (Phi) is 6.92. The van der Waals surface area contributed by atoms with E-state index in [4.69, 9.17) is 11.6 Å². The Morgan fingerprint density at radius 3 is 2.14 bits per heavy atom. The monoisotopic (exact) mass is 533 g/mol. The number of hydrazone groups is 1. The highest BCUT2D eigenvalue weighted by molar-refractivity contribution is 7.92. The minimum atomic E-state index is -4.73. The molecule has 0 fully saturated rings. The van der Waals surface area contributed by atoms with E-state index < -0.39 is 39.9 Å². The van der Waals surface area contributed by atoms with Crippen molar-refractivity contribution in [2.45, 2.75) is 6.18 Å². The minimum absolute atomic E-state index is 0.257. The van der Waals surface area contributed by atoms with Crippen molar-refractivity contribution in [1.82, 2.24) is 5.43 Å². The minimum Gasteiger partial charge on any atom is -0.271 e. The predicted octanol–water partition coefficient (Wildman–Crippen LogP) is 5.58. The number of hydrogen-bond donors (Lipinski definition) is 1. The maximum absolute atomic E-state index is 13.2. The van der Waals surface area contributed by atoms with E-state index in [1.54, 1.807) is 0 Å². The number of sulfonamides is 1. The van der Waals surface area contributed by atoms with Crippen molar-refractivity contribution >= 4 is 61.0 Å². The molecule has 186 valence electrons. The highest BCUT2D eigenvalue weighted by atomic mass is 35.5. The molecule has 0 saturated carbocycles. The van der Waals surface area contributed by atoms with Crippen molar-refractivity contribution in [3.8, 4) is 0 Å². The van der Waals surface area contributed by atoms with Crippen LogP contribution in [0.15, 0.2) is 77.9 Å². The van der Waals surface area contributed by atoms with Crippen LogP contribution in [0.2, 0.25) is 5.02 Å². The molecule has 0 atom stereocenters. The number of carbonyl (C=O) groups excluding carboxylic acids is 1. The zero-order valence-corrected chi connectivity index (χ0v) is 20.3. The first-order valence-electron chi connectivity index (χ1n) is 10.5. The van der Waals surface area contributed by atoms with Gasteiger partial charge in [-0.1, -0.05) is 60.1 Å². The third-order valence-corrected chi connectivity index (χ3v) is 6.87. The van der Waals surface area contributed by atoms with Crippen molar-refractivity contribution in [2.24, 2.45) is 5.10 Å². The molecule has 0 spiro atoms. The van der Waals surface area contributed by atoms with Gasteiger partial charge < -0.3 is 0 Å². The van der Waals surface area contributed by atoms with Gasteiger partial charge in [0.2, 0.25) is 10.0 Å². The summed E-state index contributed by atoms with van der Waals surface area (Å²) in [6.07, 6.45) is -2.51. The lowest BCUT2D eigenvalue weighted by atomic mass is 9.97. The van der Waals surface area contributed by atoms with Crippen LogP contribution in [0.4, 0.5) is 18.9 Å². The number of alkyl halides is 3. The number of nitrogens with one attached hydrogen (secondary N) is 1. The zero-order valence-electron chi connectivity index (χ0n) is 18.8. The smallest absolute Gasteiger partial charge is 0.271 e.